The Morgan fingerprint density at radius 1 is 0.944 bits per heavy atom. The van der Waals surface area contributed by atoms with Crippen molar-refractivity contribution in [2.24, 2.45) is 5.92 Å². The van der Waals surface area contributed by atoms with Crippen molar-refractivity contribution in [3.05, 3.63) is 77.6 Å². The summed E-state index contributed by atoms with van der Waals surface area (Å²) in [5, 5.41) is 12.1. The molecule has 0 aliphatic carbocycles. The second kappa shape index (κ2) is 11.8. The third kappa shape index (κ3) is 7.63. The Labute approximate surface area is 207 Å². The SMILES string of the molecule is CC(C)CC(Nc1cnc(-c2ccc(C(F)(F)F)cc2)nc1)c1ccc(C(=O)CCCC(=O)O)cc1. The highest BCUT2D eigenvalue weighted by atomic mass is 19.4. The number of halogens is 3. The van der Waals surface area contributed by atoms with E-state index in [9.17, 15) is 22.8 Å². The number of carbonyl (C=O) groups excluding carboxylic acids is 1. The summed E-state index contributed by atoms with van der Waals surface area (Å²) in [6.07, 6.45) is 0.0279. The maximum Gasteiger partial charge on any atom is 0.416 e. The number of nitrogens with one attached hydrogen (secondary N) is 1. The molecule has 190 valence electrons. The molecule has 3 aromatic rings. The highest BCUT2D eigenvalue weighted by Crippen LogP contribution is 2.31. The maximum atomic E-state index is 12.8. The molecule has 1 heterocycles. The fourth-order valence-electron chi connectivity index (χ4n) is 3.76. The summed E-state index contributed by atoms with van der Waals surface area (Å²) in [6, 6.07) is 11.9. The Kier molecular flexibility index (Phi) is 8.79. The average molecular weight is 500 g/mol. The Balaban J connectivity index is 1.70. The van der Waals surface area contributed by atoms with Gasteiger partial charge in [0.1, 0.15) is 0 Å². The zero-order valence-electron chi connectivity index (χ0n) is 20.0. The van der Waals surface area contributed by atoms with E-state index >= 15 is 0 Å². The number of carboxylic acid groups (broad SMARTS) is 1. The number of hydrogen-bond donors (Lipinski definition) is 2. The van der Waals surface area contributed by atoms with Gasteiger partial charge in [-0.3, -0.25) is 9.59 Å². The molecule has 1 atom stereocenters. The van der Waals surface area contributed by atoms with E-state index in [0.29, 0.717) is 35.0 Å². The molecule has 0 saturated carbocycles. The van der Waals surface area contributed by atoms with Crippen LogP contribution in [0.1, 0.15) is 67.1 Å². The Morgan fingerprint density at radius 3 is 2.08 bits per heavy atom. The van der Waals surface area contributed by atoms with Crippen LogP contribution in [0, 0.1) is 5.92 Å². The minimum absolute atomic E-state index is 0.0378. The monoisotopic (exact) mass is 499 g/mol. The van der Waals surface area contributed by atoms with Gasteiger partial charge in [0.15, 0.2) is 11.6 Å². The van der Waals surface area contributed by atoms with Crippen LogP contribution in [0.4, 0.5) is 18.9 Å². The van der Waals surface area contributed by atoms with E-state index in [4.69, 9.17) is 5.11 Å². The molecule has 0 aliphatic rings. The highest BCUT2D eigenvalue weighted by Gasteiger charge is 2.30. The Bertz CT molecular complexity index is 1160. The van der Waals surface area contributed by atoms with Crippen LogP contribution in [0.15, 0.2) is 60.9 Å². The highest BCUT2D eigenvalue weighted by molar-refractivity contribution is 5.96. The van der Waals surface area contributed by atoms with E-state index in [1.54, 1.807) is 24.5 Å². The van der Waals surface area contributed by atoms with Crippen LogP contribution in [-0.4, -0.2) is 26.8 Å². The first kappa shape index (κ1) is 26.8. The zero-order chi connectivity index (χ0) is 26.3. The van der Waals surface area contributed by atoms with Crippen molar-refractivity contribution >= 4 is 17.4 Å². The Morgan fingerprint density at radius 2 is 1.56 bits per heavy atom. The van der Waals surface area contributed by atoms with Crippen LogP contribution in [0.3, 0.4) is 0 Å². The summed E-state index contributed by atoms with van der Waals surface area (Å²) < 4.78 is 38.4. The molecule has 3 rings (SSSR count). The molecule has 2 N–H and O–H groups in total. The topological polar surface area (TPSA) is 92.2 Å². The van der Waals surface area contributed by atoms with Crippen LogP contribution >= 0.6 is 0 Å². The van der Waals surface area contributed by atoms with E-state index in [2.05, 4.69) is 29.1 Å². The van der Waals surface area contributed by atoms with Crippen LogP contribution in [0.2, 0.25) is 0 Å². The van der Waals surface area contributed by atoms with Gasteiger partial charge < -0.3 is 10.4 Å². The number of nitrogens with zero attached hydrogens (tertiary/aromatic N) is 2. The summed E-state index contributed by atoms with van der Waals surface area (Å²) in [6.45, 7) is 4.19. The average Bonchev–Trinajstić information content (AvgIpc) is 2.83. The van der Waals surface area contributed by atoms with Crippen molar-refractivity contribution in [2.45, 2.75) is 51.7 Å². The predicted molar refractivity (Wildman–Crippen MR) is 131 cm³/mol. The first-order valence-electron chi connectivity index (χ1n) is 11.6. The van der Waals surface area contributed by atoms with E-state index in [1.165, 1.54) is 12.1 Å². The van der Waals surface area contributed by atoms with E-state index in [-0.39, 0.29) is 24.7 Å². The summed E-state index contributed by atoms with van der Waals surface area (Å²) in [4.78, 5) is 31.6. The first-order chi connectivity index (χ1) is 17.0. The number of alkyl halides is 3. The molecule has 36 heavy (non-hydrogen) atoms. The molecule has 0 amide bonds. The van der Waals surface area contributed by atoms with Gasteiger partial charge in [0, 0.05) is 24.0 Å². The van der Waals surface area contributed by atoms with E-state index < -0.39 is 17.7 Å². The lowest BCUT2D eigenvalue weighted by Gasteiger charge is -2.22. The number of anilines is 1. The molecule has 0 fully saturated rings. The smallest absolute Gasteiger partial charge is 0.416 e. The molecule has 6 nitrogen and oxygen atoms in total. The van der Waals surface area contributed by atoms with Crippen molar-refractivity contribution in [1.82, 2.24) is 9.97 Å². The standard InChI is InChI=1S/C27H28F3N3O3/c1-17(2)14-23(18-6-8-19(9-7-18)24(34)4-3-5-25(35)36)33-22-15-31-26(32-16-22)20-10-12-21(13-11-20)27(28,29)30/h6-13,15-17,23,33H,3-5,14H2,1-2H3,(H,35,36). The lowest BCUT2D eigenvalue weighted by molar-refractivity contribution is -0.138. The third-order valence-electron chi connectivity index (χ3n) is 5.60. The molecule has 0 radical (unpaired) electrons. The first-order valence-corrected chi connectivity index (χ1v) is 11.6. The number of rotatable bonds is 11. The third-order valence-corrected chi connectivity index (χ3v) is 5.60. The number of aromatic nitrogens is 2. The van der Waals surface area contributed by atoms with Gasteiger partial charge in [0.05, 0.1) is 29.7 Å². The quantitative estimate of drug-likeness (QED) is 0.282. The van der Waals surface area contributed by atoms with Gasteiger partial charge in [0.25, 0.3) is 0 Å². The number of hydrogen-bond acceptors (Lipinski definition) is 5. The normalized spacial score (nSPS) is 12.4. The second-order valence-corrected chi connectivity index (χ2v) is 8.99. The summed E-state index contributed by atoms with van der Waals surface area (Å²) in [5.41, 5.74) is 1.92. The lowest BCUT2D eigenvalue weighted by atomic mass is 9.95. The molecule has 0 bridgehead atoms. The van der Waals surface area contributed by atoms with Crippen LogP contribution in [0.25, 0.3) is 11.4 Å². The molecule has 0 saturated heterocycles. The largest absolute Gasteiger partial charge is 0.481 e. The van der Waals surface area contributed by atoms with Crippen LogP contribution in [0.5, 0.6) is 0 Å². The minimum atomic E-state index is -4.40. The second-order valence-electron chi connectivity index (χ2n) is 8.99. The zero-order valence-corrected chi connectivity index (χ0v) is 20.0. The van der Waals surface area contributed by atoms with Gasteiger partial charge in [-0.1, -0.05) is 50.2 Å². The number of benzene rings is 2. The van der Waals surface area contributed by atoms with E-state index in [1.807, 2.05) is 12.1 Å². The van der Waals surface area contributed by atoms with Crippen LogP contribution < -0.4 is 5.32 Å². The van der Waals surface area contributed by atoms with Gasteiger partial charge in [-0.05, 0) is 36.5 Å². The van der Waals surface area contributed by atoms with Crippen molar-refractivity contribution in [3.8, 4) is 11.4 Å². The Hall–Kier alpha value is -3.75. The molecule has 0 spiro atoms. The van der Waals surface area contributed by atoms with Crippen LogP contribution in [-0.2, 0) is 11.0 Å². The minimum Gasteiger partial charge on any atom is -0.481 e. The number of aliphatic carboxylic acids is 1. The molecule has 9 heteroatoms. The lowest BCUT2D eigenvalue weighted by Crippen LogP contribution is -2.14. The number of carbonyl (C=O) groups is 2. The van der Waals surface area contributed by atoms with Gasteiger partial charge in [0.2, 0.25) is 0 Å². The van der Waals surface area contributed by atoms with Crippen molar-refractivity contribution < 1.29 is 27.9 Å². The summed E-state index contributed by atoms with van der Waals surface area (Å²) in [5.74, 6) is -0.326. The van der Waals surface area contributed by atoms with Crippen molar-refractivity contribution in [3.63, 3.8) is 0 Å². The van der Waals surface area contributed by atoms with Gasteiger partial charge in [-0.2, -0.15) is 13.2 Å². The number of Topliss-reactive ketones (excluding diaryl/α,β-unsaturated/α-hetero) is 1. The summed E-state index contributed by atoms with van der Waals surface area (Å²) in [7, 11) is 0. The number of ketones is 1. The summed E-state index contributed by atoms with van der Waals surface area (Å²) >= 11 is 0. The van der Waals surface area contributed by atoms with Gasteiger partial charge in [-0.25, -0.2) is 9.97 Å². The molecule has 1 aromatic heterocycles. The van der Waals surface area contributed by atoms with Crippen molar-refractivity contribution in [2.75, 3.05) is 5.32 Å². The fraction of sp³-hybridized carbons (Fsp3) is 0.333. The molecule has 2 aromatic carbocycles. The molecule has 0 aliphatic heterocycles. The molecular formula is C27H28F3N3O3. The fourth-order valence-corrected chi connectivity index (χ4v) is 3.76. The van der Waals surface area contributed by atoms with Gasteiger partial charge >= 0.3 is 12.1 Å². The van der Waals surface area contributed by atoms with Gasteiger partial charge in [-0.15, -0.1) is 0 Å². The molecule has 1 unspecified atom stereocenters. The van der Waals surface area contributed by atoms with E-state index in [0.717, 1.165) is 24.1 Å². The van der Waals surface area contributed by atoms with Crippen molar-refractivity contribution in [1.29, 1.82) is 0 Å². The number of carboxylic acids is 1. The maximum absolute atomic E-state index is 12.8. The predicted octanol–water partition coefficient (Wildman–Crippen LogP) is 6.80. The molecular weight excluding hydrogens is 471 g/mol.